The van der Waals surface area contributed by atoms with Crippen molar-refractivity contribution in [3.8, 4) is 0 Å². The summed E-state index contributed by atoms with van der Waals surface area (Å²) in [5.74, 6) is 0.0341. The van der Waals surface area contributed by atoms with Gasteiger partial charge in [0.05, 0.1) is 17.4 Å². The Kier molecular flexibility index (Phi) is 6.58. The lowest BCUT2D eigenvalue weighted by atomic mass is 9.98. The van der Waals surface area contributed by atoms with Crippen molar-refractivity contribution in [3.63, 3.8) is 0 Å². The van der Waals surface area contributed by atoms with E-state index in [1.165, 1.54) is 6.07 Å². The Labute approximate surface area is 130 Å². The number of rotatable bonds is 4. The predicted octanol–water partition coefficient (Wildman–Crippen LogP) is 1.97. The van der Waals surface area contributed by atoms with Gasteiger partial charge in [-0.15, -0.1) is 12.4 Å². The van der Waals surface area contributed by atoms with Crippen molar-refractivity contribution < 1.29 is 9.72 Å². The topological polar surface area (TPSA) is 75.5 Å². The second-order valence-electron chi connectivity index (χ2n) is 5.12. The van der Waals surface area contributed by atoms with Gasteiger partial charge < -0.3 is 10.2 Å². The van der Waals surface area contributed by atoms with Crippen LogP contribution in [0.3, 0.4) is 0 Å². The second kappa shape index (κ2) is 7.95. The molecule has 0 spiro atoms. The molecule has 0 bridgehead atoms. The van der Waals surface area contributed by atoms with Gasteiger partial charge in [-0.3, -0.25) is 14.9 Å². The molecule has 1 amide bonds. The largest absolute Gasteiger partial charge is 0.341 e. The molecule has 0 aliphatic carbocycles. The highest BCUT2D eigenvalue weighted by molar-refractivity contribution is 5.85. The van der Waals surface area contributed by atoms with E-state index in [0.717, 1.165) is 19.4 Å². The van der Waals surface area contributed by atoms with Crippen molar-refractivity contribution in [1.82, 2.24) is 10.2 Å². The summed E-state index contributed by atoms with van der Waals surface area (Å²) in [4.78, 5) is 24.4. The molecular formula is C14H20ClN3O3. The fourth-order valence-electron chi connectivity index (χ4n) is 2.53. The molecule has 2 rings (SSSR count). The van der Waals surface area contributed by atoms with Crippen molar-refractivity contribution >= 4 is 24.0 Å². The standard InChI is InChI=1S/C14H19N3O3.ClH/c1-16(14(18)11-6-4-8-15-9-11)10-12-5-2-3-7-13(12)17(19)20;/h2-3,5,7,11,15H,4,6,8-10H2,1H3;1H/t11-;/m1./s1. The Balaban J connectivity index is 0.00000220. The average molecular weight is 314 g/mol. The van der Waals surface area contributed by atoms with E-state index in [1.807, 2.05) is 0 Å². The van der Waals surface area contributed by atoms with E-state index in [-0.39, 0.29) is 36.5 Å². The molecule has 116 valence electrons. The van der Waals surface area contributed by atoms with Crippen LogP contribution in [0.2, 0.25) is 0 Å². The normalized spacial score (nSPS) is 17.7. The molecular weight excluding hydrogens is 294 g/mol. The third-order valence-corrected chi connectivity index (χ3v) is 3.62. The number of para-hydroxylation sites is 1. The highest BCUT2D eigenvalue weighted by atomic mass is 35.5. The maximum Gasteiger partial charge on any atom is 0.274 e. The van der Waals surface area contributed by atoms with Crippen LogP contribution < -0.4 is 5.32 Å². The minimum atomic E-state index is -0.407. The maximum atomic E-state index is 12.3. The third kappa shape index (κ3) is 4.41. The minimum Gasteiger partial charge on any atom is -0.341 e. The summed E-state index contributed by atoms with van der Waals surface area (Å²) in [6.07, 6.45) is 1.88. The number of hydrogen-bond donors (Lipinski definition) is 1. The Morgan fingerprint density at radius 1 is 1.48 bits per heavy atom. The van der Waals surface area contributed by atoms with Crippen LogP contribution in [0.25, 0.3) is 0 Å². The lowest BCUT2D eigenvalue weighted by Gasteiger charge is -2.27. The molecule has 0 aromatic heterocycles. The Bertz CT molecular complexity index is 504. The van der Waals surface area contributed by atoms with Crippen molar-refractivity contribution in [2.75, 3.05) is 20.1 Å². The molecule has 1 aromatic rings. The summed E-state index contributed by atoms with van der Waals surface area (Å²) in [6, 6.07) is 6.55. The molecule has 1 saturated heterocycles. The first kappa shape index (κ1) is 17.4. The van der Waals surface area contributed by atoms with Gasteiger partial charge in [0, 0.05) is 25.2 Å². The van der Waals surface area contributed by atoms with E-state index in [4.69, 9.17) is 0 Å². The highest BCUT2D eigenvalue weighted by Gasteiger charge is 2.25. The quantitative estimate of drug-likeness (QED) is 0.681. The van der Waals surface area contributed by atoms with Crippen LogP contribution in [-0.4, -0.2) is 35.9 Å². The molecule has 1 aromatic carbocycles. The summed E-state index contributed by atoms with van der Waals surface area (Å²) < 4.78 is 0. The fourth-order valence-corrected chi connectivity index (χ4v) is 2.53. The first-order valence-electron chi connectivity index (χ1n) is 6.77. The van der Waals surface area contributed by atoms with Crippen LogP contribution in [0.4, 0.5) is 5.69 Å². The number of piperidine rings is 1. The smallest absolute Gasteiger partial charge is 0.274 e. The number of carbonyl (C=O) groups is 1. The number of nitro groups is 1. The lowest BCUT2D eigenvalue weighted by Crippen LogP contribution is -2.41. The number of hydrogen-bond acceptors (Lipinski definition) is 4. The molecule has 6 nitrogen and oxygen atoms in total. The Hall–Kier alpha value is -1.66. The van der Waals surface area contributed by atoms with Gasteiger partial charge in [-0.05, 0) is 19.4 Å². The van der Waals surface area contributed by atoms with E-state index in [2.05, 4.69) is 5.32 Å². The van der Waals surface area contributed by atoms with Crippen LogP contribution in [0.1, 0.15) is 18.4 Å². The molecule has 1 aliphatic heterocycles. The SMILES string of the molecule is CN(Cc1ccccc1[N+](=O)[O-])C(=O)[C@@H]1CCCNC1.Cl. The molecule has 1 fully saturated rings. The third-order valence-electron chi connectivity index (χ3n) is 3.62. The van der Waals surface area contributed by atoms with Crippen molar-refractivity contribution in [2.45, 2.75) is 19.4 Å². The molecule has 0 saturated carbocycles. The fraction of sp³-hybridized carbons (Fsp3) is 0.500. The first-order chi connectivity index (χ1) is 9.59. The number of nitro benzene ring substituents is 1. The number of halogens is 1. The summed E-state index contributed by atoms with van der Waals surface area (Å²) in [5.41, 5.74) is 0.631. The monoisotopic (exact) mass is 313 g/mol. The van der Waals surface area contributed by atoms with E-state index >= 15 is 0 Å². The van der Waals surface area contributed by atoms with E-state index in [1.54, 1.807) is 30.1 Å². The van der Waals surface area contributed by atoms with Gasteiger partial charge >= 0.3 is 0 Å². The molecule has 0 unspecified atom stereocenters. The number of nitrogens with one attached hydrogen (secondary N) is 1. The van der Waals surface area contributed by atoms with Gasteiger partial charge in [-0.1, -0.05) is 18.2 Å². The zero-order valence-corrected chi connectivity index (χ0v) is 12.8. The zero-order chi connectivity index (χ0) is 14.5. The van der Waals surface area contributed by atoms with Crippen LogP contribution in [0, 0.1) is 16.0 Å². The van der Waals surface area contributed by atoms with Gasteiger partial charge in [0.25, 0.3) is 5.69 Å². The first-order valence-corrected chi connectivity index (χ1v) is 6.77. The number of nitrogens with zero attached hydrogens (tertiary/aromatic N) is 2. The summed E-state index contributed by atoms with van der Waals surface area (Å²) in [5, 5.41) is 14.2. The molecule has 0 radical (unpaired) electrons. The number of amides is 1. The van der Waals surface area contributed by atoms with Gasteiger partial charge in [0.2, 0.25) is 5.91 Å². The van der Waals surface area contributed by atoms with Crippen molar-refractivity contribution in [3.05, 3.63) is 39.9 Å². The van der Waals surface area contributed by atoms with Gasteiger partial charge in [-0.2, -0.15) is 0 Å². The minimum absolute atomic E-state index is 0. The van der Waals surface area contributed by atoms with E-state index in [9.17, 15) is 14.9 Å². The van der Waals surface area contributed by atoms with E-state index < -0.39 is 4.92 Å². The molecule has 1 N–H and O–H groups in total. The van der Waals surface area contributed by atoms with Crippen molar-refractivity contribution in [2.24, 2.45) is 5.92 Å². The number of carbonyl (C=O) groups excluding carboxylic acids is 1. The molecule has 1 aliphatic rings. The Morgan fingerprint density at radius 3 is 2.81 bits per heavy atom. The molecule has 7 heteroatoms. The van der Waals surface area contributed by atoms with E-state index in [0.29, 0.717) is 12.1 Å². The molecule has 1 atom stereocenters. The van der Waals surface area contributed by atoms with Gasteiger partial charge in [0.15, 0.2) is 0 Å². The Morgan fingerprint density at radius 2 is 2.19 bits per heavy atom. The summed E-state index contributed by atoms with van der Waals surface area (Å²) in [7, 11) is 1.70. The second-order valence-corrected chi connectivity index (χ2v) is 5.12. The number of benzene rings is 1. The summed E-state index contributed by atoms with van der Waals surface area (Å²) in [6.45, 7) is 1.92. The lowest BCUT2D eigenvalue weighted by molar-refractivity contribution is -0.385. The highest BCUT2D eigenvalue weighted by Crippen LogP contribution is 2.20. The predicted molar refractivity (Wildman–Crippen MR) is 82.4 cm³/mol. The zero-order valence-electron chi connectivity index (χ0n) is 11.9. The molecule has 21 heavy (non-hydrogen) atoms. The van der Waals surface area contributed by atoms with Gasteiger partial charge in [-0.25, -0.2) is 0 Å². The average Bonchev–Trinajstić information content (AvgIpc) is 2.47. The van der Waals surface area contributed by atoms with Crippen LogP contribution >= 0.6 is 12.4 Å². The van der Waals surface area contributed by atoms with Gasteiger partial charge in [0.1, 0.15) is 0 Å². The maximum absolute atomic E-state index is 12.3. The van der Waals surface area contributed by atoms with Crippen molar-refractivity contribution in [1.29, 1.82) is 0 Å². The van der Waals surface area contributed by atoms with Crippen LogP contribution in [-0.2, 0) is 11.3 Å². The van der Waals surface area contributed by atoms with Crippen LogP contribution in [0.15, 0.2) is 24.3 Å². The van der Waals surface area contributed by atoms with Crippen LogP contribution in [0.5, 0.6) is 0 Å². The summed E-state index contributed by atoms with van der Waals surface area (Å²) >= 11 is 0. The molecule has 1 heterocycles.